The number of methoxy groups -OCH3 is 1. The maximum Gasteiger partial charge on any atom is 0.306 e. The minimum absolute atomic E-state index is 0.229. The van der Waals surface area contributed by atoms with Crippen LogP contribution in [0.2, 0.25) is 5.02 Å². The summed E-state index contributed by atoms with van der Waals surface area (Å²) in [6.07, 6.45) is 1.06. The molecule has 1 fully saturated rings. The first kappa shape index (κ1) is 25.7. The Balaban J connectivity index is 1.30. The fourth-order valence-electron chi connectivity index (χ4n) is 4.83. The molecule has 3 aromatic rings. The maximum absolute atomic E-state index is 13.2. The van der Waals surface area contributed by atoms with Gasteiger partial charge in [0.05, 0.1) is 31.3 Å². The van der Waals surface area contributed by atoms with Crippen LogP contribution in [-0.4, -0.2) is 90.0 Å². The highest BCUT2D eigenvalue weighted by atomic mass is 35.5. The van der Waals surface area contributed by atoms with Gasteiger partial charge in [0.2, 0.25) is 0 Å². The smallest absolute Gasteiger partial charge is 0.306 e. The summed E-state index contributed by atoms with van der Waals surface area (Å²) >= 11 is 7.50. The lowest BCUT2D eigenvalue weighted by atomic mass is 10.1. The predicted octanol–water partition coefficient (Wildman–Crippen LogP) is 2.04. The fourth-order valence-corrected chi connectivity index (χ4v) is 6.11. The van der Waals surface area contributed by atoms with Gasteiger partial charge in [0, 0.05) is 59.9 Å². The van der Waals surface area contributed by atoms with Crippen molar-refractivity contribution < 1.29 is 19.1 Å². The molecule has 0 saturated carbocycles. The normalized spacial score (nSPS) is 20.1. The van der Waals surface area contributed by atoms with E-state index >= 15 is 0 Å². The Morgan fingerprint density at radius 3 is 2.70 bits per heavy atom. The van der Waals surface area contributed by atoms with E-state index in [9.17, 15) is 14.4 Å². The van der Waals surface area contributed by atoms with Crippen molar-refractivity contribution in [2.24, 2.45) is 0 Å². The molecule has 1 aromatic carbocycles. The number of aromatic amines is 1. The van der Waals surface area contributed by atoms with E-state index in [0.29, 0.717) is 35.4 Å². The third-order valence-electron chi connectivity index (χ3n) is 6.83. The molecule has 0 aliphatic carbocycles. The molecule has 0 bridgehead atoms. The van der Waals surface area contributed by atoms with Gasteiger partial charge < -0.3 is 25.3 Å². The number of ether oxygens (including phenoxy) is 1. The lowest BCUT2D eigenvalue weighted by Gasteiger charge is -2.20. The molecule has 37 heavy (non-hydrogen) atoms. The van der Waals surface area contributed by atoms with Crippen molar-refractivity contribution in [2.45, 2.75) is 31.5 Å². The number of esters is 1. The number of fused-ring (bicyclic) bond motifs is 2. The first-order valence-electron chi connectivity index (χ1n) is 12.2. The van der Waals surface area contributed by atoms with Crippen LogP contribution in [0.3, 0.4) is 0 Å². The average molecular weight is 545 g/mol. The number of benzene rings is 1. The topological polar surface area (TPSA) is 120 Å². The molecule has 1 saturated heterocycles. The highest BCUT2D eigenvalue weighted by molar-refractivity contribution is 7.13. The zero-order valence-electron chi connectivity index (χ0n) is 20.7. The lowest BCUT2D eigenvalue weighted by molar-refractivity contribution is -0.140. The van der Waals surface area contributed by atoms with Gasteiger partial charge in [-0.1, -0.05) is 11.6 Å². The molecule has 5 rings (SSSR count). The molecular formula is C25H29ClN6O4S. The van der Waals surface area contributed by atoms with Gasteiger partial charge in [-0.05, 0) is 31.3 Å². The maximum atomic E-state index is 13.2. The number of halogens is 1. The van der Waals surface area contributed by atoms with Crippen LogP contribution in [0.5, 0.6) is 0 Å². The van der Waals surface area contributed by atoms with Crippen LogP contribution in [0.25, 0.3) is 10.9 Å². The van der Waals surface area contributed by atoms with Crippen LogP contribution < -0.4 is 10.6 Å². The average Bonchev–Trinajstić information content (AvgIpc) is 3.58. The lowest BCUT2D eigenvalue weighted by Crippen LogP contribution is -2.51. The van der Waals surface area contributed by atoms with E-state index in [1.165, 1.54) is 18.4 Å². The summed E-state index contributed by atoms with van der Waals surface area (Å²) in [5.41, 5.74) is 2.21. The van der Waals surface area contributed by atoms with Crippen LogP contribution in [-0.2, 0) is 22.5 Å². The van der Waals surface area contributed by atoms with Gasteiger partial charge in [0.1, 0.15) is 5.69 Å². The van der Waals surface area contributed by atoms with Gasteiger partial charge in [-0.3, -0.25) is 19.3 Å². The van der Waals surface area contributed by atoms with Crippen LogP contribution in [0.4, 0.5) is 0 Å². The number of hydrogen-bond donors (Lipinski definition) is 3. The Morgan fingerprint density at radius 1 is 1.19 bits per heavy atom. The quantitative estimate of drug-likeness (QED) is 0.389. The number of likely N-dealkylation sites (N-methyl/N-ethyl adjacent to an activating group) is 1. The summed E-state index contributed by atoms with van der Waals surface area (Å²) in [5, 5.41) is 8.02. The SMILES string of the molecule is COC(=O)CCN1CC(NC(=O)c2cc3cc(Cl)ccc3[nH]2)C(NC(=O)c2nc3c(s2)CN(C)CC3)C1. The minimum atomic E-state index is -0.357. The van der Waals surface area contributed by atoms with E-state index in [0.717, 1.165) is 41.0 Å². The molecule has 2 atom stereocenters. The third-order valence-corrected chi connectivity index (χ3v) is 8.15. The highest BCUT2D eigenvalue weighted by Crippen LogP contribution is 2.25. The molecule has 4 heterocycles. The Morgan fingerprint density at radius 2 is 1.95 bits per heavy atom. The first-order chi connectivity index (χ1) is 17.8. The third kappa shape index (κ3) is 5.80. The number of nitrogens with one attached hydrogen (secondary N) is 3. The summed E-state index contributed by atoms with van der Waals surface area (Å²) in [6, 6.07) is 6.43. The molecule has 196 valence electrons. The van der Waals surface area contributed by atoms with Crippen LogP contribution in [0.1, 0.15) is 37.3 Å². The van der Waals surface area contributed by atoms with E-state index in [1.54, 1.807) is 18.2 Å². The number of H-pyrrole nitrogens is 1. The molecule has 10 nitrogen and oxygen atoms in total. The fraction of sp³-hybridized carbons (Fsp3) is 0.440. The minimum Gasteiger partial charge on any atom is -0.469 e. The van der Waals surface area contributed by atoms with Crippen LogP contribution in [0.15, 0.2) is 24.3 Å². The Kier molecular flexibility index (Phi) is 7.47. The van der Waals surface area contributed by atoms with Gasteiger partial charge in [0.25, 0.3) is 11.8 Å². The van der Waals surface area contributed by atoms with E-state index in [-0.39, 0.29) is 36.3 Å². The second-order valence-electron chi connectivity index (χ2n) is 9.54. The van der Waals surface area contributed by atoms with Gasteiger partial charge >= 0.3 is 5.97 Å². The summed E-state index contributed by atoms with van der Waals surface area (Å²) in [4.78, 5) is 51.1. The van der Waals surface area contributed by atoms with Crippen molar-refractivity contribution in [2.75, 3.05) is 40.3 Å². The molecule has 12 heteroatoms. The van der Waals surface area contributed by atoms with Crippen molar-refractivity contribution in [3.63, 3.8) is 0 Å². The summed E-state index contributed by atoms with van der Waals surface area (Å²) in [5.74, 6) is -0.830. The van der Waals surface area contributed by atoms with Crippen molar-refractivity contribution >= 4 is 51.6 Å². The van der Waals surface area contributed by atoms with Crippen LogP contribution >= 0.6 is 22.9 Å². The summed E-state index contributed by atoms with van der Waals surface area (Å²) < 4.78 is 4.76. The number of nitrogens with zero attached hydrogens (tertiary/aromatic N) is 3. The monoisotopic (exact) mass is 544 g/mol. The number of likely N-dealkylation sites (tertiary alicyclic amines) is 1. The van der Waals surface area contributed by atoms with Gasteiger partial charge in [-0.25, -0.2) is 4.98 Å². The Labute approximate surface area is 223 Å². The van der Waals surface area contributed by atoms with E-state index in [2.05, 4.69) is 32.5 Å². The zero-order chi connectivity index (χ0) is 26.1. The molecule has 2 aromatic heterocycles. The predicted molar refractivity (Wildman–Crippen MR) is 141 cm³/mol. The van der Waals surface area contributed by atoms with Crippen molar-refractivity contribution in [3.8, 4) is 0 Å². The Hall–Kier alpha value is -2.99. The van der Waals surface area contributed by atoms with Crippen molar-refractivity contribution in [1.29, 1.82) is 0 Å². The molecular weight excluding hydrogens is 516 g/mol. The van der Waals surface area contributed by atoms with E-state index in [4.69, 9.17) is 16.3 Å². The number of aromatic nitrogens is 2. The highest BCUT2D eigenvalue weighted by Gasteiger charge is 2.36. The number of amides is 2. The van der Waals surface area contributed by atoms with Gasteiger partial charge in [0.15, 0.2) is 5.01 Å². The van der Waals surface area contributed by atoms with E-state index < -0.39 is 0 Å². The number of carbonyl (C=O) groups excluding carboxylic acids is 3. The van der Waals surface area contributed by atoms with Gasteiger partial charge in [-0.2, -0.15) is 0 Å². The second-order valence-corrected chi connectivity index (χ2v) is 11.1. The molecule has 2 aliphatic rings. The number of hydrogen-bond acceptors (Lipinski definition) is 8. The zero-order valence-corrected chi connectivity index (χ0v) is 22.2. The molecule has 2 unspecified atom stereocenters. The van der Waals surface area contributed by atoms with Crippen molar-refractivity contribution in [1.82, 2.24) is 30.4 Å². The molecule has 0 spiro atoms. The summed E-state index contributed by atoms with van der Waals surface area (Å²) in [7, 11) is 3.41. The number of rotatable bonds is 7. The summed E-state index contributed by atoms with van der Waals surface area (Å²) in [6.45, 7) is 3.15. The molecule has 0 radical (unpaired) electrons. The molecule has 2 amide bonds. The second kappa shape index (κ2) is 10.8. The largest absolute Gasteiger partial charge is 0.469 e. The number of carbonyl (C=O) groups is 3. The molecule has 3 N–H and O–H groups in total. The first-order valence-corrected chi connectivity index (χ1v) is 13.3. The Bertz CT molecular complexity index is 1340. The molecule has 2 aliphatic heterocycles. The van der Waals surface area contributed by atoms with Crippen LogP contribution in [0, 0.1) is 0 Å². The van der Waals surface area contributed by atoms with Gasteiger partial charge in [-0.15, -0.1) is 11.3 Å². The standard InChI is InChI=1S/C25H29ClN6O4S/c1-31-7-5-17-21(13-31)37-25(30-17)24(35)29-20-12-32(8-6-22(33)36-2)11-19(20)28-23(34)18-10-14-9-15(26)3-4-16(14)27-18/h3-4,9-10,19-20,27H,5-8,11-13H2,1-2H3,(H,28,34)(H,29,35). The van der Waals surface area contributed by atoms with E-state index in [1.807, 2.05) is 11.0 Å². The van der Waals surface area contributed by atoms with Crippen molar-refractivity contribution in [3.05, 3.63) is 50.6 Å². The number of thiazole rings is 1.